The van der Waals surface area contributed by atoms with Crippen molar-refractivity contribution in [3.8, 4) is 11.1 Å². The highest BCUT2D eigenvalue weighted by molar-refractivity contribution is 5.76. The summed E-state index contributed by atoms with van der Waals surface area (Å²) >= 11 is 0. The molecule has 0 spiro atoms. The number of aromatic amines is 2. The molecule has 0 bridgehead atoms. The molecular weight excluding hydrogens is 344 g/mol. The van der Waals surface area contributed by atoms with E-state index in [0.717, 1.165) is 16.7 Å². The zero-order chi connectivity index (χ0) is 19.0. The Hall–Kier alpha value is -3.67. The van der Waals surface area contributed by atoms with Gasteiger partial charge >= 0.3 is 11.3 Å². The first-order valence-electron chi connectivity index (χ1n) is 8.45. The molecule has 0 aliphatic rings. The number of benzene rings is 2. The van der Waals surface area contributed by atoms with Gasteiger partial charge in [-0.05, 0) is 41.2 Å². The summed E-state index contributed by atoms with van der Waals surface area (Å²) in [5.74, 6) is 0. The van der Waals surface area contributed by atoms with Crippen molar-refractivity contribution in [3.05, 3.63) is 103 Å². The Morgan fingerprint density at radius 3 is 2.41 bits per heavy atom. The third-order valence-electron chi connectivity index (χ3n) is 4.53. The van der Waals surface area contributed by atoms with E-state index in [-0.39, 0.29) is 11.1 Å². The lowest BCUT2D eigenvalue weighted by molar-refractivity contribution is 0.545. The van der Waals surface area contributed by atoms with Crippen molar-refractivity contribution in [1.29, 1.82) is 0 Å². The molecule has 0 aliphatic heterocycles. The molecule has 0 amide bonds. The minimum absolute atomic E-state index is 0.109. The standard InChI is InChI=1S/C21H16N2O4/c1-12-4-2-3-5-16(12)14-8-6-13(7-9-14)10-15-11-17(24)27-20-18(15)19(25)22-21(26)23-20/h2-9,11H,10H2,1H3,(H2,22,23,25,26). The van der Waals surface area contributed by atoms with Gasteiger partial charge in [0.05, 0.1) is 0 Å². The Kier molecular flexibility index (Phi) is 4.08. The molecule has 6 heteroatoms. The number of aryl methyl sites for hydroxylation is 1. The number of rotatable bonds is 3. The van der Waals surface area contributed by atoms with Gasteiger partial charge in [0.25, 0.3) is 5.56 Å². The fraction of sp³-hybridized carbons (Fsp3) is 0.0952. The van der Waals surface area contributed by atoms with Gasteiger partial charge in [-0.1, -0.05) is 48.5 Å². The van der Waals surface area contributed by atoms with Crippen molar-refractivity contribution in [2.45, 2.75) is 13.3 Å². The molecule has 2 N–H and O–H groups in total. The molecule has 0 aliphatic carbocycles. The molecule has 2 heterocycles. The minimum atomic E-state index is -0.713. The van der Waals surface area contributed by atoms with Crippen LogP contribution in [0.2, 0.25) is 0 Å². The topological polar surface area (TPSA) is 95.9 Å². The van der Waals surface area contributed by atoms with E-state index in [1.807, 2.05) is 36.4 Å². The van der Waals surface area contributed by atoms with Gasteiger partial charge < -0.3 is 4.42 Å². The molecule has 4 aromatic rings. The quantitative estimate of drug-likeness (QED) is 0.587. The van der Waals surface area contributed by atoms with Crippen LogP contribution < -0.4 is 16.9 Å². The van der Waals surface area contributed by atoms with Gasteiger partial charge in [0.15, 0.2) is 0 Å². The molecule has 2 aromatic carbocycles. The lowest BCUT2D eigenvalue weighted by Gasteiger charge is -2.08. The third kappa shape index (κ3) is 3.25. The molecule has 134 valence electrons. The number of hydrogen-bond donors (Lipinski definition) is 2. The van der Waals surface area contributed by atoms with Gasteiger partial charge in [-0.15, -0.1) is 0 Å². The second-order valence-electron chi connectivity index (χ2n) is 6.39. The fourth-order valence-corrected chi connectivity index (χ4v) is 3.24. The number of nitrogens with one attached hydrogen (secondary N) is 2. The van der Waals surface area contributed by atoms with Crippen LogP contribution in [-0.2, 0) is 6.42 Å². The molecular formula is C21H16N2O4. The molecule has 0 unspecified atom stereocenters. The van der Waals surface area contributed by atoms with E-state index in [0.29, 0.717) is 12.0 Å². The maximum absolute atomic E-state index is 12.2. The van der Waals surface area contributed by atoms with Crippen LogP contribution >= 0.6 is 0 Å². The van der Waals surface area contributed by atoms with E-state index in [1.165, 1.54) is 11.6 Å². The Bertz CT molecular complexity index is 1310. The van der Waals surface area contributed by atoms with E-state index in [4.69, 9.17) is 4.42 Å². The molecule has 0 saturated heterocycles. The van der Waals surface area contributed by atoms with Crippen LogP contribution in [0.1, 0.15) is 16.7 Å². The van der Waals surface area contributed by atoms with Crippen molar-refractivity contribution in [2.75, 3.05) is 0 Å². The first-order valence-corrected chi connectivity index (χ1v) is 8.45. The van der Waals surface area contributed by atoms with Crippen LogP contribution in [0.15, 0.2) is 73.4 Å². The van der Waals surface area contributed by atoms with Crippen LogP contribution in [0.3, 0.4) is 0 Å². The predicted octanol–water partition coefficient (Wildman–Crippen LogP) is 2.74. The number of H-pyrrole nitrogens is 2. The normalized spacial score (nSPS) is 11.0. The zero-order valence-corrected chi connectivity index (χ0v) is 14.5. The van der Waals surface area contributed by atoms with Gasteiger partial charge in [0, 0.05) is 6.07 Å². The summed E-state index contributed by atoms with van der Waals surface area (Å²) in [7, 11) is 0. The van der Waals surface area contributed by atoms with Gasteiger partial charge in [-0.3, -0.25) is 14.8 Å². The molecule has 6 nitrogen and oxygen atoms in total. The van der Waals surface area contributed by atoms with Gasteiger partial charge in [-0.25, -0.2) is 9.59 Å². The first-order chi connectivity index (χ1) is 13.0. The van der Waals surface area contributed by atoms with E-state index in [9.17, 15) is 14.4 Å². The Morgan fingerprint density at radius 2 is 1.67 bits per heavy atom. The molecule has 2 aromatic heterocycles. The molecule has 0 saturated carbocycles. The van der Waals surface area contributed by atoms with E-state index < -0.39 is 16.9 Å². The summed E-state index contributed by atoms with van der Waals surface area (Å²) in [6.45, 7) is 2.06. The summed E-state index contributed by atoms with van der Waals surface area (Å²) in [6.07, 6.45) is 0.366. The Morgan fingerprint density at radius 1 is 0.926 bits per heavy atom. The summed E-state index contributed by atoms with van der Waals surface area (Å²) in [4.78, 5) is 39.9. The lowest BCUT2D eigenvalue weighted by Crippen LogP contribution is -2.24. The van der Waals surface area contributed by atoms with Crippen molar-refractivity contribution in [3.63, 3.8) is 0 Å². The van der Waals surface area contributed by atoms with Crippen LogP contribution in [0.4, 0.5) is 0 Å². The highest BCUT2D eigenvalue weighted by Crippen LogP contribution is 2.24. The van der Waals surface area contributed by atoms with Gasteiger partial charge in [0.1, 0.15) is 5.39 Å². The highest BCUT2D eigenvalue weighted by Gasteiger charge is 2.12. The van der Waals surface area contributed by atoms with Crippen molar-refractivity contribution in [1.82, 2.24) is 9.97 Å². The zero-order valence-electron chi connectivity index (χ0n) is 14.5. The highest BCUT2D eigenvalue weighted by atomic mass is 16.4. The second-order valence-corrected chi connectivity index (χ2v) is 6.39. The smallest absolute Gasteiger partial charge is 0.337 e. The Labute approximate surface area is 153 Å². The molecule has 0 radical (unpaired) electrons. The van der Waals surface area contributed by atoms with Crippen molar-refractivity contribution in [2.24, 2.45) is 0 Å². The van der Waals surface area contributed by atoms with Crippen LogP contribution in [-0.4, -0.2) is 9.97 Å². The average Bonchev–Trinajstić information content (AvgIpc) is 2.62. The van der Waals surface area contributed by atoms with E-state index in [2.05, 4.69) is 29.0 Å². The third-order valence-corrected chi connectivity index (χ3v) is 4.53. The monoisotopic (exact) mass is 360 g/mol. The molecule has 0 atom stereocenters. The van der Waals surface area contributed by atoms with Crippen LogP contribution in [0.25, 0.3) is 22.2 Å². The van der Waals surface area contributed by atoms with Gasteiger partial charge in [0.2, 0.25) is 5.71 Å². The molecule has 27 heavy (non-hydrogen) atoms. The predicted molar refractivity (Wildman–Crippen MR) is 103 cm³/mol. The largest absolute Gasteiger partial charge is 0.405 e. The summed E-state index contributed by atoms with van der Waals surface area (Å²) < 4.78 is 4.96. The average molecular weight is 360 g/mol. The molecule has 0 fully saturated rings. The van der Waals surface area contributed by atoms with Crippen molar-refractivity contribution >= 4 is 11.1 Å². The maximum Gasteiger partial charge on any atom is 0.337 e. The summed E-state index contributed by atoms with van der Waals surface area (Å²) in [5.41, 5.74) is 2.86. The summed E-state index contributed by atoms with van der Waals surface area (Å²) in [5, 5.41) is 0.178. The van der Waals surface area contributed by atoms with Gasteiger partial charge in [-0.2, -0.15) is 0 Å². The van der Waals surface area contributed by atoms with Crippen LogP contribution in [0.5, 0.6) is 0 Å². The number of aromatic nitrogens is 2. The van der Waals surface area contributed by atoms with E-state index >= 15 is 0 Å². The Balaban J connectivity index is 1.75. The maximum atomic E-state index is 12.2. The number of fused-ring (bicyclic) bond motifs is 1. The first kappa shape index (κ1) is 16.8. The van der Waals surface area contributed by atoms with Crippen molar-refractivity contribution < 1.29 is 4.42 Å². The molecule has 4 rings (SSSR count). The minimum Gasteiger partial charge on any atom is -0.405 e. The van der Waals surface area contributed by atoms with Crippen LogP contribution in [0, 0.1) is 6.92 Å². The number of hydrogen-bond acceptors (Lipinski definition) is 4. The second kappa shape index (κ2) is 6.57. The lowest BCUT2D eigenvalue weighted by atomic mass is 9.97. The summed E-state index contributed by atoms with van der Waals surface area (Å²) in [6, 6.07) is 17.4. The SMILES string of the molecule is Cc1ccccc1-c1ccc(Cc2cc(=O)oc3[nH]c(=O)[nH]c(=O)c23)cc1. The fourth-order valence-electron chi connectivity index (χ4n) is 3.24. The van der Waals surface area contributed by atoms with E-state index in [1.54, 1.807) is 0 Å².